The standard InChI is InChI=1S/C27H26N2O2S2/c1-28(2)26(30)32-24-15-13-18-9-5-7-11-20(18)22(24)17-23-21-12-8-6-10-19(21)14-16-25(23)33-27(31)29(3)4/h5-16H,17H2,1-4H3. The molecule has 4 nitrogen and oxygen atoms in total. The third-order valence-electron chi connectivity index (χ3n) is 5.47. The molecule has 0 aromatic heterocycles. The Morgan fingerprint density at radius 1 is 0.606 bits per heavy atom. The molecule has 0 fully saturated rings. The van der Waals surface area contributed by atoms with E-state index in [1.165, 1.54) is 23.5 Å². The number of amides is 2. The van der Waals surface area contributed by atoms with Crippen molar-refractivity contribution in [2.45, 2.75) is 16.2 Å². The number of thioether (sulfide) groups is 2. The van der Waals surface area contributed by atoms with Gasteiger partial charge in [-0.3, -0.25) is 9.59 Å². The summed E-state index contributed by atoms with van der Waals surface area (Å²) in [6, 6.07) is 24.7. The number of benzene rings is 4. The van der Waals surface area contributed by atoms with Crippen LogP contribution in [-0.2, 0) is 6.42 Å². The quantitative estimate of drug-likeness (QED) is 0.295. The molecule has 33 heavy (non-hydrogen) atoms. The maximum Gasteiger partial charge on any atom is 0.285 e. The summed E-state index contributed by atoms with van der Waals surface area (Å²) in [6.07, 6.45) is 0.620. The van der Waals surface area contributed by atoms with E-state index in [0.29, 0.717) is 6.42 Å². The van der Waals surface area contributed by atoms with Gasteiger partial charge in [0.25, 0.3) is 10.5 Å². The zero-order valence-corrected chi connectivity index (χ0v) is 20.8. The Morgan fingerprint density at radius 2 is 1.00 bits per heavy atom. The molecule has 6 heteroatoms. The van der Waals surface area contributed by atoms with Crippen molar-refractivity contribution < 1.29 is 9.59 Å². The number of rotatable bonds is 4. The molecule has 2 amide bonds. The highest BCUT2D eigenvalue weighted by Crippen LogP contribution is 2.37. The van der Waals surface area contributed by atoms with Crippen molar-refractivity contribution >= 4 is 55.5 Å². The first-order chi connectivity index (χ1) is 15.8. The molecule has 0 aliphatic carbocycles. The summed E-state index contributed by atoms with van der Waals surface area (Å²) in [5.41, 5.74) is 2.20. The van der Waals surface area contributed by atoms with Gasteiger partial charge in [0.2, 0.25) is 0 Å². The van der Waals surface area contributed by atoms with Crippen LogP contribution in [0.3, 0.4) is 0 Å². The molecule has 0 radical (unpaired) electrons. The van der Waals surface area contributed by atoms with Gasteiger partial charge in [0.05, 0.1) is 0 Å². The summed E-state index contributed by atoms with van der Waals surface area (Å²) in [6.45, 7) is 0. The van der Waals surface area contributed by atoms with Crippen LogP contribution in [0.4, 0.5) is 9.59 Å². The van der Waals surface area contributed by atoms with Crippen molar-refractivity contribution in [3.8, 4) is 0 Å². The van der Waals surface area contributed by atoms with Crippen molar-refractivity contribution in [1.29, 1.82) is 0 Å². The van der Waals surface area contributed by atoms with E-state index in [4.69, 9.17) is 0 Å². The molecule has 4 rings (SSSR count). The largest absolute Gasteiger partial charge is 0.339 e. The van der Waals surface area contributed by atoms with Crippen LogP contribution in [-0.4, -0.2) is 48.5 Å². The summed E-state index contributed by atoms with van der Waals surface area (Å²) in [4.78, 5) is 30.2. The van der Waals surface area contributed by atoms with E-state index >= 15 is 0 Å². The molecule has 0 bridgehead atoms. The minimum absolute atomic E-state index is 0.0122. The summed E-state index contributed by atoms with van der Waals surface area (Å²) in [7, 11) is 7.06. The fourth-order valence-electron chi connectivity index (χ4n) is 3.74. The zero-order chi connectivity index (χ0) is 23.5. The highest BCUT2D eigenvalue weighted by Gasteiger charge is 2.19. The topological polar surface area (TPSA) is 40.6 Å². The molecule has 168 valence electrons. The average Bonchev–Trinajstić information content (AvgIpc) is 2.81. The van der Waals surface area contributed by atoms with Gasteiger partial charge in [-0.05, 0) is 68.3 Å². The van der Waals surface area contributed by atoms with Crippen LogP contribution in [0.1, 0.15) is 11.1 Å². The fraction of sp³-hybridized carbons (Fsp3) is 0.185. The van der Waals surface area contributed by atoms with Crippen molar-refractivity contribution in [2.75, 3.05) is 28.2 Å². The Morgan fingerprint density at radius 3 is 1.39 bits per heavy atom. The summed E-state index contributed by atoms with van der Waals surface area (Å²) in [5, 5.41) is 4.48. The maximum atomic E-state index is 12.6. The van der Waals surface area contributed by atoms with Crippen molar-refractivity contribution in [3.63, 3.8) is 0 Å². The number of nitrogens with zero attached hydrogens (tertiary/aromatic N) is 2. The second-order valence-electron chi connectivity index (χ2n) is 8.23. The normalized spacial score (nSPS) is 11.0. The highest BCUT2D eigenvalue weighted by atomic mass is 32.2. The first-order valence-electron chi connectivity index (χ1n) is 10.6. The lowest BCUT2D eigenvalue weighted by atomic mass is 9.95. The van der Waals surface area contributed by atoms with Gasteiger partial charge in [-0.1, -0.05) is 60.7 Å². The molecule has 0 aliphatic heterocycles. The Kier molecular flexibility index (Phi) is 6.96. The molecule has 0 atom stereocenters. The van der Waals surface area contributed by atoms with Gasteiger partial charge < -0.3 is 9.80 Å². The average molecular weight is 475 g/mol. The van der Waals surface area contributed by atoms with Gasteiger partial charge in [-0.25, -0.2) is 0 Å². The Hall–Kier alpha value is -2.96. The second kappa shape index (κ2) is 9.89. The van der Waals surface area contributed by atoms with Crippen molar-refractivity contribution in [2.24, 2.45) is 0 Å². The van der Waals surface area contributed by atoms with E-state index in [2.05, 4.69) is 36.4 Å². The minimum Gasteiger partial charge on any atom is -0.339 e. The third kappa shape index (κ3) is 5.02. The predicted molar refractivity (Wildman–Crippen MR) is 141 cm³/mol. The van der Waals surface area contributed by atoms with Gasteiger partial charge >= 0.3 is 0 Å². The molecule has 4 aromatic rings. The Labute approximate surface area is 202 Å². The van der Waals surface area contributed by atoms with Gasteiger partial charge in [0.1, 0.15) is 0 Å². The van der Waals surface area contributed by atoms with E-state index in [-0.39, 0.29) is 10.5 Å². The van der Waals surface area contributed by atoms with E-state index in [1.807, 2.05) is 36.4 Å². The van der Waals surface area contributed by atoms with Crippen molar-refractivity contribution in [1.82, 2.24) is 9.80 Å². The van der Waals surface area contributed by atoms with Gasteiger partial charge in [0.15, 0.2) is 0 Å². The number of carbonyl (C=O) groups is 2. The van der Waals surface area contributed by atoms with Crippen LogP contribution < -0.4 is 0 Å². The first-order valence-corrected chi connectivity index (χ1v) is 12.3. The first kappa shape index (κ1) is 23.2. The zero-order valence-electron chi connectivity index (χ0n) is 19.2. The van der Waals surface area contributed by atoms with Crippen molar-refractivity contribution in [3.05, 3.63) is 83.9 Å². The van der Waals surface area contributed by atoms with Gasteiger partial charge in [-0.15, -0.1) is 0 Å². The maximum absolute atomic E-state index is 12.6. The van der Waals surface area contributed by atoms with Gasteiger partial charge in [0, 0.05) is 44.4 Å². The third-order valence-corrected chi connectivity index (χ3v) is 7.76. The van der Waals surface area contributed by atoms with E-state index in [1.54, 1.807) is 38.0 Å². The molecule has 4 aromatic carbocycles. The van der Waals surface area contributed by atoms with E-state index in [0.717, 1.165) is 42.5 Å². The second-order valence-corrected chi connectivity index (χ2v) is 10.2. The number of carbonyl (C=O) groups excluding carboxylic acids is 2. The van der Waals surface area contributed by atoms with E-state index < -0.39 is 0 Å². The molecular formula is C27H26N2O2S2. The highest BCUT2D eigenvalue weighted by molar-refractivity contribution is 8.13. The van der Waals surface area contributed by atoms with Crippen LogP contribution in [0.2, 0.25) is 0 Å². The van der Waals surface area contributed by atoms with Crippen LogP contribution in [0, 0.1) is 0 Å². The Balaban J connectivity index is 1.90. The monoisotopic (exact) mass is 474 g/mol. The fourth-order valence-corrected chi connectivity index (χ4v) is 5.36. The number of hydrogen-bond acceptors (Lipinski definition) is 4. The minimum atomic E-state index is -0.0122. The predicted octanol–water partition coefficient (Wildman–Crippen LogP) is 7.13. The molecule has 0 unspecified atom stereocenters. The molecular weight excluding hydrogens is 448 g/mol. The molecule has 0 N–H and O–H groups in total. The lowest BCUT2D eigenvalue weighted by Gasteiger charge is -2.18. The lowest BCUT2D eigenvalue weighted by molar-refractivity contribution is 0.240. The van der Waals surface area contributed by atoms with Gasteiger partial charge in [-0.2, -0.15) is 0 Å². The summed E-state index contributed by atoms with van der Waals surface area (Å²) in [5.74, 6) is 0. The molecule has 0 spiro atoms. The summed E-state index contributed by atoms with van der Waals surface area (Å²) < 4.78 is 0. The lowest BCUT2D eigenvalue weighted by Crippen LogP contribution is -2.16. The van der Waals surface area contributed by atoms with Crippen LogP contribution in [0.25, 0.3) is 21.5 Å². The summed E-state index contributed by atoms with van der Waals surface area (Å²) >= 11 is 2.49. The van der Waals surface area contributed by atoms with Crippen LogP contribution >= 0.6 is 23.5 Å². The molecule has 0 heterocycles. The molecule has 0 saturated heterocycles. The number of fused-ring (bicyclic) bond motifs is 2. The smallest absolute Gasteiger partial charge is 0.285 e. The number of hydrogen-bond donors (Lipinski definition) is 0. The Bertz CT molecular complexity index is 1250. The van der Waals surface area contributed by atoms with E-state index in [9.17, 15) is 9.59 Å². The molecule has 0 aliphatic rings. The van der Waals surface area contributed by atoms with Crippen LogP contribution in [0.15, 0.2) is 82.6 Å². The molecule has 0 saturated carbocycles. The van der Waals surface area contributed by atoms with Crippen LogP contribution in [0.5, 0.6) is 0 Å². The SMILES string of the molecule is CN(C)C(=O)Sc1ccc2ccccc2c1Cc1c(SC(=O)N(C)C)ccc2ccccc12.